The molecule has 0 spiro atoms. The van der Waals surface area contributed by atoms with E-state index in [-0.39, 0.29) is 23.3 Å². The molecule has 0 bridgehead atoms. The second kappa shape index (κ2) is 7.26. The minimum Gasteiger partial charge on any atom is -0.492 e. The van der Waals surface area contributed by atoms with Crippen LogP contribution in [0, 0.1) is 23.1 Å². The monoisotopic (exact) mass is 413 g/mol. The lowest BCUT2D eigenvalue weighted by molar-refractivity contribution is 0.0696. The van der Waals surface area contributed by atoms with Crippen molar-refractivity contribution < 1.29 is 19.0 Å². The normalized spacial score (nSPS) is 19.0. The van der Waals surface area contributed by atoms with Gasteiger partial charge < -0.3 is 9.84 Å². The van der Waals surface area contributed by atoms with E-state index < -0.39 is 5.97 Å². The van der Waals surface area contributed by atoms with Crippen LogP contribution in [0.25, 0.3) is 0 Å². The molecule has 0 saturated heterocycles. The van der Waals surface area contributed by atoms with E-state index in [9.17, 15) is 14.3 Å². The third-order valence-corrected chi connectivity index (χ3v) is 5.61. The maximum absolute atomic E-state index is 13.6. The van der Waals surface area contributed by atoms with Crippen molar-refractivity contribution in [1.82, 2.24) is 0 Å². The zero-order valence-electron chi connectivity index (χ0n) is 16.2. The minimum absolute atomic E-state index is 0.135. The zero-order valence-corrected chi connectivity index (χ0v) is 16.2. The van der Waals surface area contributed by atoms with E-state index in [0.29, 0.717) is 17.9 Å². The molecule has 31 heavy (non-hydrogen) atoms. The number of hydrogen-bond donors (Lipinski definition) is 1. The van der Waals surface area contributed by atoms with E-state index >= 15 is 0 Å². The highest BCUT2D eigenvalue weighted by atomic mass is 19.1. The molecule has 0 amide bonds. The van der Waals surface area contributed by atoms with E-state index in [2.05, 4.69) is 6.07 Å². The standard InChI is InChI=1S/C24H16FN3O3/c25-17-6-3-15(4-7-17)23-20-13-31-21-11-16(24(29)30)5-10-19(21)22(20)27-28(23)18-8-1-14(12-26)2-9-18/h1-11,20,23H,13H2,(H,29,30)/t20-,23?/m1/s1. The number of fused-ring (bicyclic) bond motifs is 3. The van der Waals surface area contributed by atoms with Crippen LogP contribution in [0.1, 0.15) is 33.1 Å². The molecule has 1 unspecified atom stereocenters. The Morgan fingerprint density at radius 3 is 2.55 bits per heavy atom. The number of ether oxygens (including phenoxy) is 1. The van der Waals surface area contributed by atoms with Crippen LogP contribution in [0.5, 0.6) is 5.75 Å². The molecule has 1 N–H and O–H groups in total. The summed E-state index contributed by atoms with van der Waals surface area (Å²) < 4.78 is 19.5. The number of anilines is 1. The predicted molar refractivity (Wildman–Crippen MR) is 112 cm³/mol. The number of hydrazone groups is 1. The zero-order chi connectivity index (χ0) is 21.5. The number of carboxylic acids is 1. The number of nitrogens with zero attached hydrogens (tertiary/aromatic N) is 3. The number of aromatic carboxylic acids is 1. The lowest BCUT2D eigenvalue weighted by atomic mass is 9.85. The molecule has 7 heteroatoms. The summed E-state index contributed by atoms with van der Waals surface area (Å²) in [6, 6.07) is 20.0. The molecule has 3 aromatic carbocycles. The second-order valence-electron chi connectivity index (χ2n) is 7.42. The summed E-state index contributed by atoms with van der Waals surface area (Å²) in [5.74, 6) is -0.997. The van der Waals surface area contributed by atoms with Gasteiger partial charge in [0.2, 0.25) is 0 Å². The number of benzene rings is 3. The van der Waals surface area contributed by atoms with Gasteiger partial charge in [0.05, 0.1) is 47.2 Å². The highest BCUT2D eigenvalue weighted by molar-refractivity contribution is 6.08. The second-order valence-corrected chi connectivity index (χ2v) is 7.42. The lowest BCUT2D eigenvalue weighted by Gasteiger charge is -2.30. The highest BCUT2D eigenvalue weighted by Crippen LogP contribution is 2.44. The maximum Gasteiger partial charge on any atom is 0.335 e. The van der Waals surface area contributed by atoms with E-state index in [1.807, 2.05) is 17.1 Å². The van der Waals surface area contributed by atoms with Gasteiger partial charge in [0.25, 0.3) is 0 Å². The molecular formula is C24H16FN3O3. The molecule has 0 aliphatic carbocycles. The number of rotatable bonds is 3. The maximum atomic E-state index is 13.6. The molecule has 0 radical (unpaired) electrons. The molecule has 2 aliphatic rings. The van der Waals surface area contributed by atoms with Crippen LogP contribution in [-0.2, 0) is 0 Å². The van der Waals surface area contributed by atoms with Crippen molar-refractivity contribution in [2.24, 2.45) is 11.0 Å². The fourth-order valence-corrected chi connectivity index (χ4v) is 4.10. The summed E-state index contributed by atoms with van der Waals surface area (Å²) in [6.45, 7) is 0.309. The molecule has 0 saturated carbocycles. The van der Waals surface area contributed by atoms with Gasteiger partial charge in [0, 0.05) is 5.56 Å². The quantitative estimate of drug-likeness (QED) is 0.689. The molecule has 3 aromatic rings. The van der Waals surface area contributed by atoms with Gasteiger partial charge in [-0.25, -0.2) is 9.18 Å². The summed E-state index contributed by atoms with van der Waals surface area (Å²) in [5.41, 5.74) is 3.89. The van der Waals surface area contributed by atoms with Crippen molar-refractivity contribution in [2.45, 2.75) is 6.04 Å². The lowest BCUT2D eigenvalue weighted by Crippen LogP contribution is -2.33. The molecule has 0 fully saturated rings. The molecule has 5 rings (SSSR count). The van der Waals surface area contributed by atoms with Gasteiger partial charge >= 0.3 is 5.97 Å². The van der Waals surface area contributed by atoms with Crippen LogP contribution >= 0.6 is 0 Å². The van der Waals surface area contributed by atoms with E-state index in [1.54, 1.807) is 30.3 Å². The van der Waals surface area contributed by atoms with Crippen molar-refractivity contribution in [3.05, 3.63) is 94.8 Å². The van der Waals surface area contributed by atoms with Gasteiger partial charge in [0.15, 0.2) is 0 Å². The first kappa shape index (κ1) is 18.8. The van der Waals surface area contributed by atoms with Gasteiger partial charge in [-0.2, -0.15) is 10.4 Å². The van der Waals surface area contributed by atoms with Crippen molar-refractivity contribution in [2.75, 3.05) is 11.6 Å². The van der Waals surface area contributed by atoms with Crippen LogP contribution in [0.2, 0.25) is 0 Å². The van der Waals surface area contributed by atoms with Gasteiger partial charge in [-0.3, -0.25) is 5.01 Å². The van der Waals surface area contributed by atoms with Crippen LogP contribution in [0.4, 0.5) is 10.1 Å². The minimum atomic E-state index is -1.02. The van der Waals surface area contributed by atoms with Crippen LogP contribution in [0.3, 0.4) is 0 Å². The summed E-state index contributed by atoms with van der Waals surface area (Å²) in [6.07, 6.45) is 0. The number of hydrogen-bond acceptors (Lipinski definition) is 5. The van der Waals surface area contributed by atoms with Gasteiger partial charge in [-0.15, -0.1) is 0 Å². The first-order valence-corrected chi connectivity index (χ1v) is 9.69. The molecule has 0 aromatic heterocycles. The van der Waals surface area contributed by atoms with Gasteiger partial charge in [0.1, 0.15) is 11.6 Å². The molecular weight excluding hydrogens is 397 g/mol. The van der Waals surface area contributed by atoms with Gasteiger partial charge in [-0.05, 0) is 60.2 Å². The summed E-state index contributed by atoms with van der Waals surface area (Å²) in [4.78, 5) is 11.3. The number of halogens is 1. The highest BCUT2D eigenvalue weighted by Gasteiger charge is 2.43. The Labute approximate surface area is 177 Å². The summed E-state index contributed by atoms with van der Waals surface area (Å²) in [5, 5.41) is 25.1. The van der Waals surface area contributed by atoms with Gasteiger partial charge in [-0.1, -0.05) is 12.1 Å². The fraction of sp³-hybridized carbons (Fsp3) is 0.125. The van der Waals surface area contributed by atoms with Crippen molar-refractivity contribution in [1.29, 1.82) is 5.26 Å². The SMILES string of the molecule is N#Cc1ccc(N2N=C3c4ccc(C(=O)O)cc4OC[C@H]3C2c2ccc(F)cc2)cc1. The van der Waals surface area contributed by atoms with E-state index in [4.69, 9.17) is 15.1 Å². The van der Waals surface area contributed by atoms with Crippen molar-refractivity contribution in [3.63, 3.8) is 0 Å². The smallest absolute Gasteiger partial charge is 0.335 e. The van der Waals surface area contributed by atoms with Crippen molar-refractivity contribution in [3.8, 4) is 11.8 Å². The molecule has 2 heterocycles. The van der Waals surface area contributed by atoms with Crippen LogP contribution in [-0.4, -0.2) is 23.4 Å². The van der Waals surface area contributed by atoms with Crippen molar-refractivity contribution >= 4 is 17.4 Å². The largest absolute Gasteiger partial charge is 0.492 e. The average Bonchev–Trinajstić information content (AvgIpc) is 3.19. The fourth-order valence-electron chi connectivity index (χ4n) is 4.10. The third kappa shape index (κ3) is 3.19. The predicted octanol–water partition coefficient (Wildman–Crippen LogP) is 4.37. The Bertz CT molecular complexity index is 1250. The first-order chi connectivity index (χ1) is 15.0. The Kier molecular flexibility index (Phi) is 4.41. The number of nitriles is 1. The summed E-state index contributed by atoms with van der Waals surface area (Å²) in [7, 11) is 0. The van der Waals surface area contributed by atoms with E-state index in [0.717, 1.165) is 22.5 Å². The molecule has 2 atom stereocenters. The van der Waals surface area contributed by atoms with E-state index in [1.165, 1.54) is 24.3 Å². The van der Waals surface area contributed by atoms with Crippen LogP contribution < -0.4 is 9.75 Å². The Balaban J connectivity index is 1.62. The number of carbonyl (C=O) groups is 1. The molecule has 2 aliphatic heterocycles. The average molecular weight is 413 g/mol. The van der Waals surface area contributed by atoms with Crippen LogP contribution in [0.15, 0.2) is 71.8 Å². The number of carboxylic acid groups (broad SMARTS) is 1. The Hall–Kier alpha value is -4.18. The first-order valence-electron chi connectivity index (χ1n) is 9.69. The Morgan fingerprint density at radius 1 is 1.13 bits per heavy atom. The Morgan fingerprint density at radius 2 is 1.87 bits per heavy atom. The summed E-state index contributed by atoms with van der Waals surface area (Å²) >= 11 is 0. The molecule has 152 valence electrons. The topological polar surface area (TPSA) is 85.9 Å². The third-order valence-electron chi connectivity index (χ3n) is 5.61. The molecule has 6 nitrogen and oxygen atoms in total.